The number of hydrazine groups is 1. The van der Waals surface area contributed by atoms with Crippen LogP contribution in [0.15, 0.2) is 51.8 Å². The van der Waals surface area contributed by atoms with E-state index in [0.717, 1.165) is 5.39 Å². The minimum Gasteiger partial charge on any atom is -0.495 e. The lowest BCUT2D eigenvalue weighted by Crippen LogP contribution is -2.42. The minimum atomic E-state index is -3.97. The summed E-state index contributed by atoms with van der Waals surface area (Å²) in [7, 11) is -2.63. The van der Waals surface area contributed by atoms with Gasteiger partial charge in [0.25, 0.3) is 5.91 Å². The fraction of sp³-hybridized carbons (Fsp3) is 0.273. The van der Waals surface area contributed by atoms with Gasteiger partial charge in [-0.05, 0) is 52.0 Å². The van der Waals surface area contributed by atoms with E-state index < -0.39 is 27.4 Å². The van der Waals surface area contributed by atoms with Crippen LogP contribution in [0, 0.1) is 6.92 Å². The maximum Gasteiger partial charge on any atom is 0.305 e. The number of carbonyl (C=O) groups is 2. The molecular weight excluding hydrogens is 434 g/mol. The Hall–Kier alpha value is -3.37. The van der Waals surface area contributed by atoms with E-state index in [0.29, 0.717) is 11.1 Å². The molecule has 2 aromatic carbocycles. The Morgan fingerprint density at radius 1 is 1.00 bits per heavy atom. The molecule has 1 aromatic heterocycles. The van der Waals surface area contributed by atoms with Gasteiger partial charge in [0.2, 0.25) is 10.0 Å². The molecule has 0 atom stereocenters. The first-order chi connectivity index (χ1) is 14.9. The zero-order chi connectivity index (χ0) is 23.7. The van der Waals surface area contributed by atoms with E-state index in [1.54, 1.807) is 39.8 Å². The van der Waals surface area contributed by atoms with Gasteiger partial charge in [-0.1, -0.05) is 18.2 Å². The van der Waals surface area contributed by atoms with Gasteiger partial charge in [-0.25, -0.2) is 13.1 Å². The van der Waals surface area contributed by atoms with Crippen molar-refractivity contribution in [3.05, 3.63) is 59.4 Å². The molecule has 3 aromatic rings. The molecular formula is C22H25N3O6S. The Bertz CT molecular complexity index is 1290. The number of nitrogens with one attached hydrogen (secondary N) is 3. The van der Waals surface area contributed by atoms with Crippen molar-refractivity contribution in [2.75, 3.05) is 7.11 Å². The Labute approximate surface area is 186 Å². The number of aryl methyl sites for hydroxylation is 1. The molecule has 0 aliphatic carbocycles. The zero-order valence-corrected chi connectivity index (χ0v) is 19.2. The lowest BCUT2D eigenvalue weighted by molar-refractivity contribution is 0.0831. The Balaban J connectivity index is 1.80. The summed E-state index contributed by atoms with van der Waals surface area (Å²) >= 11 is 0. The molecule has 3 N–H and O–H groups in total. The molecule has 9 nitrogen and oxygen atoms in total. The molecule has 32 heavy (non-hydrogen) atoms. The lowest BCUT2D eigenvalue weighted by atomic mass is 10.1. The van der Waals surface area contributed by atoms with Crippen LogP contribution >= 0.6 is 0 Å². The average Bonchev–Trinajstić information content (AvgIpc) is 3.06. The van der Waals surface area contributed by atoms with E-state index >= 15 is 0 Å². The van der Waals surface area contributed by atoms with Crippen molar-refractivity contribution in [3.63, 3.8) is 0 Å². The first-order valence-electron chi connectivity index (χ1n) is 9.74. The number of hydrogen-bond donors (Lipinski definition) is 3. The van der Waals surface area contributed by atoms with Crippen molar-refractivity contribution in [2.24, 2.45) is 0 Å². The second-order valence-corrected chi connectivity index (χ2v) is 9.83. The summed E-state index contributed by atoms with van der Waals surface area (Å²) in [4.78, 5) is 24.9. The lowest BCUT2D eigenvalue weighted by Gasteiger charge is -2.21. The monoisotopic (exact) mass is 459 g/mol. The average molecular weight is 460 g/mol. The number of para-hydroxylation sites is 1. The topological polar surface area (TPSA) is 127 Å². The van der Waals surface area contributed by atoms with Crippen LogP contribution in [0.5, 0.6) is 5.75 Å². The van der Waals surface area contributed by atoms with Crippen LogP contribution in [0.1, 0.15) is 47.2 Å². The highest BCUT2D eigenvalue weighted by Gasteiger charge is 2.26. The molecule has 0 saturated heterocycles. The zero-order valence-electron chi connectivity index (χ0n) is 18.4. The largest absolute Gasteiger partial charge is 0.495 e. The van der Waals surface area contributed by atoms with E-state index in [1.165, 1.54) is 25.3 Å². The number of fused-ring (bicyclic) bond motifs is 1. The molecule has 170 valence electrons. The molecule has 1 heterocycles. The molecule has 0 fully saturated rings. The third kappa shape index (κ3) is 4.92. The van der Waals surface area contributed by atoms with Crippen molar-refractivity contribution < 1.29 is 27.2 Å². The maximum atomic E-state index is 12.8. The number of sulfonamides is 1. The molecule has 3 rings (SSSR count). The number of carbonyl (C=O) groups excluding carboxylic acids is 2. The summed E-state index contributed by atoms with van der Waals surface area (Å²) in [6, 6.07) is 11.1. The van der Waals surface area contributed by atoms with Gasteiger partial charge >= 0.3 is 5.91 Å². The number of amides is 2. The van der Waals surface area contributed by atoms with E-state index in [9.17, 15) is 18.0 Å². The van der Waals surface area contributed by atoms with Crippen molar-refractivity contribution >= 4 is 32.8 Å². The molecule has 0 aliphatic heterocycles. The van der Waals surface area contributed by atoms with E-state index in [2.05, 4.69) is 15.6 Å². The van der Waals surface area contributed by atoms with Gasteiger partial charge < -0.3 is 9.15 Å². The summed E-state index contributed by atoms with van der Waals surface area (Å²) in [6.07, 6.45) is 0. The van der Waals surface area contributed by atoms with Crippen molar-refractivity contribution in [1.29, 1.82) is 0 Å². The smallest absolute Gasteiger partial charge is 0.305 e. The quantitative estimate of drug-likeness (QED) is 0.504. The Morgan fingerprint density at radius 3 is 2.28 bits per heavy atom. The van der Waals surface area contributed by atoms with Crippen LogP contribution in [0.25, 0.3) is 11.0 Å². The van der Waals surface area contributed by atoms with Crippen LogP contribution in [-0.2, 0) is 10.0 Å². The van der Waals surface area contributed by atoms with Gasteiger partial charge in [0, 0.05) is 22.1 Å². The van der Waals surface area contributed by atoms with Gasteiger partial charge in [-0.3, -0.25) is 20.4 Å². The predicted molar refractivity (Wildman–Crippen MR) is 119 cm³/mol. The fourth-order valence-corrected chi connectivity index (χ4v) is 4.73. The number of furan rings is 1. The summed E-state index contributed by atoms with van der Waals surface area (Å²) in [5.41, 5.74) is 5.05. The van der Waals surface area contributed by atoms with Crippen molar-refractivity contribution in [2.45, 2.75) is 38.1 Å². The minimum absolute atomic E-state index is 0.0155. The molecule has 0 saturated carbocycles. The predicted octanol–water partition coefficient (Wildman–Crippen LogP) is 2.90. The standard InChI is InChI=1S/C22H25N3O6S/c1-13-15-8-6-7-9-16(15)31-19(13)21(27)24-23-20(26)14-10-11-17(30-5)18(12-14)32(28,29)25-22(2,3)4/h6-12,25H,1-5H3,(H,23,26)(H,24,27). The third-order valence-corrected chi connectivity index (χ3v) is 6.27. The maximum absolute atomic E-state index is 12.8. The van der Waals surface area contributed by atoms with Crippen LogP contribution in [0.4, 0.5) is 0 Å². The molecule has 0 unspecified atom stereocenters. The second-order valence-electron chi connectivity index (χ2n) is 8.18. The molecule has 0 radical (unpaired) electrons. The molecule has 0 spiro atoms. The van der Waals surface area contributed by atoms with Gasteiger partial charge in [0.1, 0.15) is 16.2 Å². The summed E-state index contributed by atoms with van der Waals surface area (Å²) in [5.74, 6) is -1.19. The number of benzene rings is 2. The summed E-state index contributed by atoms with van der Waals surface area (Å²) < 4.78 is 38.8. The highest BCUT2D eigenvalue weighted by Crippen LogP contribution is 2.26. The highest BCUT2D eigenvalue weighted by atomic mass is 32.2. The van der Waals surface area contributed by atoms with Crippen LogP contribution < -0.4 is 20.3 Å². The van der Waals surface area contributed by atoms with Crippen molar-refractivity contribution in [3.8, 4) is 5.75 Å². The van der Waals surface area contributed by atoms with E-state index in [4.69, 9.17) is 9.15 Å². The summed E-state index contributed by atoms with van der Waals surface area (Å²) in [6.45, 7) is 6.83. The normalized spacial score (nSPS) is 11.9. The summed E-state index contributed by atoms with van der Waals surface area (Å²) in [5, 5.41) is 0.792. The van der Waals surface area contributed by atoms with Crippen LogP contribution in [0.3, 0.4) is 0 Å². The number of ether oxygens (including phenoxy) is 1. The Kier molecular flexibility index (Phi) is 6.29. The van der Waals surface area contributed by atoms with Gasteiger partial charge in [-0.15, -0.1) is 0 Å². The second kappa shape index (κ2) is 8.64. The molecule has 2 amide bonds. The van der Waals surface area contributed by atoms with Gasteiger partial charge in [0.05, 0.1) is 7.11 Å². The first-order valence-corrected chi connectivity index (χ1v) is 11.2. The van der Waals surface area contributed by atoms with Gasteiger partial charge in [0.15, 0.2) is 5.76 Å². The van der Waals surface area contributed by atoms with Crippen LogP contribution in [0.2, 0.25) is 0 Å². The molecule has 0 aliphatic rings. The Morgan fingerprint density at radius 2 is 1.66 bits per heavy atom. The first kappa shape index (κ1) is 23.3. The fourth-order valence-electron chi connectivity index (χ4n) is 3.12. The van der Waals surface area contributed by atoms with Crippen molar-refractivity contribution in [1.82, 2.24) is 15.6 Å². The van der Waals surface area contributed by atoms with Gasteiger partial charge in [-0.2, -0.15) is 0 Å². The SMILES string of the molecule is COc1ccc(C(=O)NNC(=O)c2oc3ccccc3c2C)cc1S(=O)(=O)NC(C)(C)C. The van der Waals surface area contributed by atoms with E-state index in [-0.39, 0.29) is 22.0 Å². The molecule has 0 bridgehead atoms. The number of methoxy groups -OCH3 is 1. The van der Waals surface area contributed by atoms with Crippen LogP contribution in [-0.4, -0.2) is 32.9 Å². The molecule has 10 heteroatoms. The highest BCUT2D eigenvalue weighted by molar-refractivity contribution is 7.89. The number of hydrogen-bond acceptors (Lipinski definition) is 6. The van der Waals surface area contributed by atoms with E-state index in [1.807, 2.05) is 12.1 Å². The number of rotatable bonds is 5. The third-order valence-electron chi connectivity index (χ3n) is 4.50.